The SMILES string of the molecule is CC(C)Oc1ccc(C(C)N2CCC(CN)C2)cc1. The predicted molar refractivity (Wildman–Crippen MR) is 79.4 cm³/mol. The number of benzene rings is 1. The van der Waals surface area contributed by atoms with Gasteiger partial charge in [0.1, 0.15) is 5.75 Å². The van der Waals surface area contributed by atoms with Crippen LogP contribution >= 0.6 is 0 Å². The molecule has 2 rings (SSSR count). The second-order valence-electron chi connectivity index (χ2n) is 5.80. The van der Waals surface area contributed by atoms with Crippen molar-refractivity contribution < 1.29 is 4.74 Å². The van der Waals surface area contributed by atoms with Crippen LogP contribution in [0, 0.1) is 5.92 Å². The molecule has 106 valence electrons. The van der Waals surface area contributed by atoms with Gasteiger partial charge in [0.05, 0.1) is 6.10 Å². The van der Waals surface area contributed by atoms with Crippen LogP contribution in [-0.4, -0.2) is 30.6 Å². The summed E-state index contributed by atoms with van der Waals surface area (Å²) in [7, 11) is 0. The van der Waals surface area contributed by atoms with Gasteiger partial charge in [0.25, 0.3) is 0 Å². The zero-order chi connectivity index (χ0) is 13.8. The summed E-state index contributed by atoms with van der Waals surface area (Å²) in [5, 5.41) is 0. The van der Waals surface area contributed by atoms with Crippen molar-refractivity contribution >= 4 is 0 Å². The fourth-order valence-electron chi connectivity index (χ4n) is 2.71. The van der Waals surface area contributed by atoms with Gasteiger partial charge < -0.3 is 10.5 Å². The molecule has 2 N–H and O–H groups in total. The number of likely N-dealkylation sites (tertiary alicyclic amines) is 1. The quantitative estimate of drug-likeness (QED) is 0.887. The first kappa shape index (κ1) is 14.4. The molecule has 0 bridgehead atoms. The average molecular weight is 262 g/mol. The van der Waals surface area contributed by atoms with E-state index in [2.05, 4.69) is 36.1 Å². The molecule has 2 unspecified atom stereocenters. The zero-order valence-electron chi connectivity index (χ0n) is 12.3. The third-order valence-corrected chi connectivity index (χ3v) is 3.93. The smallest absolute Gasteiger partial charge is 0.119 e. The van der Waals surface area contributed by atoms with Crippen LogP contribution in [0.4, 0.5) is 0 Å². The molecule has 1 aliphatic rings. The summed E-state index contributed by atoms with van der Waals surface area (Å²) in [5.74, 6) is 1.62. The standard InChI is InChI=1S/C16H26N2O/c1-12(2)19-16-6-4-15(5-7-16)13(3)18-9-8-14(10-17)11-18/h4-7,12-14H,8-11,17H2,1-3H3. The Bertz CT molecular complexity index is 388. The first-order valence-corrected chi connectivity index (χ1v) is 7.31. The van der Waals surface area contributed by atoms with Gasteiger partial charge in [-0.1, -0.05) is 12.1 Å². The lowest BCUT2D eigenvalue weighted by Crippen LogP contribution is -2.26. The van der Waals surface area contributed by atoms with Crippen LogP contribution in [0.1, 0.15) is 38.8 Å². The summed E-state index contributed by atoms with van der Waals surface area (Å²) < 4.78 is 5.68. The lowest BCUT2D eigenvalue weighted by atomic mass is 10.1. The monoisotopic (exact) mass is 262 g/mol. The van der Waals surface area contributed by atoms with Crippen molar-refractivity contribution in [3.05, 3.63) is 29.8 Å². The molecule has 1 heterocycles. The van der Waals surface area contributed by atoms with Crippen molar-refractivity contribution in [2.45, 2.75) is 39.3 Å². The highest BCUT2D eigenvalue weighted by Gasteiger charge is 2.25. The summed E-state index contributed by atoms with van der Waals surface area (Å²) >= 11 is 0. The minimum atomic E-state index is 0.229. The van der Waals surface area contributed by atoms with Gasteiger partial charge in [-0.3, -0.25) is 4.90 Å². The Morgan fingerprint density at radius 3 is 2.47 bits per heavy atom. The Balaban J connectivity index is 1.97. The van der Waals surface area contributed by atoms with Crippen molar-refractivity contribution in [2.24, 2.45) is 11.7 Å². The molecule has 1 aliphatic heterocycles. The van der Waals surface area contributed by atoms with Crippen molar-refractivity contribution in [3.63, 3.8) is 0 Å². The molecule has 1 fully saturated rings. The van der Waals surface area contributed by atoms with Crippen LogP contribution in [0.5, 0.6) is 5.75 Å². The van der Waals surface area contributed by atoms with Gasteiger partial charge in [-0.15, -0.1) is 0 Å². The molecule has 0 saturated carbocycles. The lowest BCUT2D eigenvalue weighted by molar-refractivity contribution is 0.240. The Morgan fingerprint density at radius 1 is 1.26 bits per heavy atom. The molecule has 2 atom stereocenters. The Kier molecular flexibility index (Phi) is 4.83. The van der Waals surface area contributed by atoms with E-state index in [1.54, 1.807) is 0 Å². The fourth-order valence-corrected chi connectivity index (χ4v) is 2.71. The molecular formula is C16H26N2O. The second-order valence-corrected chi connectivity index (χ2v) is 5.80. The zero-order valence-corrected chi connectivity index (χ0v) is 12.3. The van der Waals surface area contributed by atoms with E-state index in [9.17, 15) is 0 Å². The van der Waals surface area contributed by atoms with Crippen molar-refractivity contribution in [1.29, 1.82) is 0 Å². The normalized spacial score (nSPS) is 21.8. The summed E-state index contributed by atoms with van der Waals surface area (Å²) in [4.78, 5) is 2.52. The van der Waals surface area contributed by atoms with Crippen molar-refractivity contribution in [1.82, 2.24) is 4.90 Å². The third kappa shape index (κ3) is 3.71. The molecule has 0 aromatic heterocycles. The number of hydrogen-bond acceptors (Lipinski definition) is 3. The van der Waals surface area contributed by atoms with E-state index in [0.29, 0.717) is 12.0 Å². The van der Waals surface area contributed by atoms with Gasteiger partial charge >= 0.3 is 0 Å². The molecule has 3 heteroatoms. The number of nitrogens with zero attached hydrogens (tertiary/aromatic N) is 1. The summed E-state index contributed by atoms with van der Waals surface area (Å²) in [6.07, 6.45) is 1.46. The van der Waals surface area contributed by atoms with Crippen LogP contribution in [-0.2, 0) is 0 Å². The van der Waals surface area contributed by atoms with Crippen LogP contribution < -0.4 is 10.5 Å². The minimum Gasteiger partial charge on any atom is -0.491 e. The van der Waals surface area contributed by atoms with Crippen LogP contribution in [0.15, 0.2) is 24.3 Å². The molecule has 1 aromatic carbocycles. The summed E-state index contributed by atoms with van der Waals surface area (Å²) in [6.45, 7) is 9.47. The maximum atomic E-state index is 5.76. The van der Waals surface area contributed by atoms with E-state index < -0.39 is 0 Å². The maximum absolute atomic E-state index is 5.76. The fraction of sp³-hybridized carbons (Fsp3) is 0.625. The molecule has 0 spiro atoms. The number of nitrogens with two attached hydrogens (primary N) is 1. The average Bonchev–Trinajstić information content (AvgIpc) is 2.87. The van der Waals surface area contributed by atoms with Gasteiger partial charge in [-0.05, 0) is 63.9 Å². The van der Waals surface area contributed by atoms with Gasteiger partial charge in [-0.2, -0.15) is 0 Å². The molecule has 3 nitrogen and oxygen atoms in total. The lowest BCUT2D eigenvalue weighted by Gasteiger charge is -2.25. The predicted octanol–water partition coefficient (Wildman–Crippen LogP) is 2.82. The second kappa shape index (κ2) is 6.40. The summed E-state index contributed by atoms with van der Waals surface area (Å²) in [5.41, 5.74) is 7.11. The van der Waals surface area contributed by atoms with Gasteiger partial charge in [0.2, 0.25) is 0 Å². The Morgan fingerprint density at radius 2 is 1.95 bits per heavy atom. The first-order chi connectivity index (χ1) is 9.10. The number of hydrogen-bond donors (Lipinski definition) is 1. The van der Waals surface area contributed by atoms with Gasteiger partial charge in [0.15, 0.2) is 0 Å². The maximum Gasteiger partial charge on any atom is 0.119 e. The molecular weight excluding hydrogens is 236 g/mol. The highest BCUT2D eigenvalue weighted by Crippen LogP contribution is 2.28. The van der Waals surface area contributed by atoms with Crippen molar-refractivity contribution in [3.8, 4) is 5.75 Å². The Hall–Kier alpha value is -1.06. The largest absolute Gasteiger partial charge is 0.491 e. The van der Waals surface area contributed by atoms with Gasteiger partial charge in [-0.25, -0.2) is 0 Å². The molecule has 0 amide bonds. The molecule has 1 saturated heterocycles. The molecule has 19 heavy (non-hydrogen) atoms. The minimum absolute atomic E-state index is 0.229. The highest BCUT2D eigenvalue weighted by molar-refractivity contribution is 5.29. The number of rotatable bonds is 5. The van der Waals surface area contributed by atoms with E-state index in [1.165, 1.54) is 12.0 Å². The van der Waals surface area contributed by atoms with E-state index in [-0.39, 0.29) is 6.10 Å². The van der Waals surface area contributed by atoms with E-state index in [4.69, 9.17) is 10.5 Å². The topological polar surface area (TPSA) is 38.5 Å². The summed E-state index contributed by atoms with van der Waals surface area (Å²) in [6, 6.07) is 8.96. The van der Waals surface area contributed by atoms with Crippen LogP contribution in [0.2, 0.25) is 0 Å². The third-order valence-electron chi connectivity index (χ3n) is 3.93. The van der Waals surface area contributed by atoms with E-state index in [0.717, 1.165) is 25.4 Å². The molecule has 0 aliphatic carbocycles. The highest BCUT2D eigenvalue weighted by atomic mass is 16.5. The van der Waals surface area contributed by atoms with Gasteiger partial charge in [0, 0.05) is 12.6 Å². The van der Waals surface area contributed by atoms with E-state index >= 15 is 0 Å². The molecule has 1 aromatic rings. The van der Waals surface area contributed by atoms with Crippen LogP contribution in [0.25, 0.3) is 0 Å². The van der Waals surface area contributed by atoms with Crippen LogP contribution in [0.3, 0.4) is 0 Å². The Labute approximate surface area is 116 Å². The first-order valence-electron chi connectivity index (χ1n) is 7.31. The van der Waals surface area contributed by atoms with Crippen molar-refractivity contribution in [2.75, 3.05) is 19.6 Å². The molecule has 0 radical (unpaired) electrons. The number of ether oxygens (including phenoxy) is 1. The van der Waals surface area contributed by atoms with E-state index in [1.807, 2.05) is 13.8 Å².